The summed E-state index contributed by atoms with van der Waals surface area (Å²) in [6, 6.07) is 6.97. The fourth-order valence-electron chi connectivity index (χ4n) is 2.45. The molecule has 120 valence electrons. The number of nitrogens with one attached hydrogen (secondary N) is 1. The summed E-state index contributed by atoms with van der Waals surface area (Å²) in [4.78, 5) is 27.1. The first-order chi connectivity index (χ1) is 11.0. The molecule has 7 nitrogen and oxygen atoms in total. The van der Waals surface area contributed by atoms with E-state index in [2.05, 4.69) is 15.5 Å². The first-order valence-electron chi connectivity index (χ1n) is 7.13. The normalized spacial score (nSPS) is 19.9. The quantitative estimate of drug-likeness (QED) is 0.867. The molecule has 8 heteroatoms. The maximum Gasteiger partial charge on any atom is 0.307 e. The Bertz CT molecular complexity index is 729. The molecular formula is C15H14ClN3O4. The van der Waals surface area contributed by atoms with Gasteiger partial charge in [0.25, 0.3) is 0 Å². The summed E-state index contributed by atoms with van der Waals surface area (Å²) in [6.45, 7) is 0.0717. The number of carboxylic acid groups (broad SMARTS) is 1. The van der Waals surface area contributed by atoms with Crippen molar-refractivity contribution in [3.63, 3.8) is 0 Å². The molecule has 0 saturated heterocycles. The van der Waals surface area contributed by atoms with Crippen LogP contribution in [0.15, 0.2) is 28.8 Å². The Morgan fingerprint density at radius 2 is 1.96 bits per heavy atom. The van der Waals surface area contributed by atoms with E-state index in [0.29, 0.717) is 23.7 Å². The second-order valence-electron chi connectivity index (χ2n) is 5.36. The fourth-order valence-corrected chi connectivity index (χ4v) is 2.57. The molecule has 2 unspecified atom stereocenters. The van der Waals surface area contributed by atoms with Crippen LogP contribution in [0.1, 0.15) is 18.7 Å². The zero-order valence-electron chi connectivity index (χ0n) is 12.0. The number of carbonyl (C=O) groups excluding carboxylic acids is 1. The van der Waals surface area contributed by atoms with Crippen LogP contribution in [0.25, 0.3) is 11.4 Å². The summed E-state index contributed by atoms with van der Waals surface area (Å²) in [6.07, 6.45) is 1.12. The lowest BCUT2D eigenvalue weighted by molar-refractivity contribution is -0.152. The third kappa shape index (κ3) is 3.34. The highest BCUT2D eigenvalue weighted by Crippen LogP contribution is 2.34. The summed E-state index contributed by atoms with van der Waals surface area (Å²) in [5.74, 6) is -1.64. The Morgan fingerprint density at radius 3 is 2.57 bits per heavy atom. The molecule has 1 fully saturated rings. The van der Waals surface area contributed by atoms with Gasteiger partial charge in [0.2, 0.25) is 17.6 Å². The number of hydrogen-bond acceptors (Lipinski definition) is 5. The molecule has 0 bridgehead atoms. The van der Waals surface area contributed by atoms with E-state index in [1.54, 1.807) is 24.3 Å². The van der Waals surface area contributed by atoms with Gasteiger partial charge in [-0.15, -0.1) is 0 Å². The molecule has 23 heavy (non-hydrogen) atoms. The van der Waals surface area contributed by atoms with Gasteiger partial charge in [0.05, 0.1) is 18.4 Å². The second-order valence-corrected chi connectivity index (χ2v) is 5.80. The van der Waals surface area contributed by atoms with Gasteiger partial charge in [-0.05, 0) is 37.1 Å². The van der Waals surface area contributed by atoms with E-state index in [1.807, 2.05) is 0 Å². The van der Waals surface area contributed by atoms with E-state index in [1.165, 1.54) is 0 Å². The van der Waals surface area contributed by atoms with E-state index < -0.39 is 17.8 Å². The van der Waals surface area contributed by atoms with Crippen LogP contribution in [-0.2, 0) is 16.1 Å². The third-order valence-electron chi connectivity index (χ3n) is 3.91. The highest BCUT2D eigenvalue weighted by atomic mass is 35.5. The number of hydrogen-bond donors (Lipinski definition) is 2. The van der Waals surface area contributed by atoms with Crippen molar-refractivity contribution in [3.05, 3.63) is 35.2 Å². The van der Waals surface area contributed by atoms with E-state index >= 15 is 0 Å². The summed E-state index contributed by atoms with van der Waals surface area (Å²) in [7, 11) is 0. The highest BCUT2D eigenvalue weighted by Gasteiger charge is 2.41. The molecule has 1 aromatic heterocycles. The number of benzene rings is 1. The minimum atomic E-state index is -0.931. The van der Waals surface area contributed by atoms with Crippen LogP contribution in [0.3, 0.4) is 0 Å². The number of rotatable bonds is 5. The van der Waals surface area contributed by atoms with Crippen molar-refractivity contribution in [2.45, 2.75) is 19.4 Å². The molecule has 1 aliphatic rings. The van der Waals surface area contributed by atoms with Crippen LogP contribution in [0.2, 0.25) is 5.02 Å². The Balaban J connectivity index is 1.58. The molecule has 0 aliphatic heterocycles. The van der Waals surface area contributed by atoms with Gasteiger partial charge in [0.1, 0.15) is 0 Å². The number of halogens is 1. The Labute approximate surface area is 136 Å². The number of aromatic nitrogens is 2. The molecule has 1 saturated carbocycles. The third-order valence-corrected chi connectivity index (χ3v) is 4.16. The smallest absolute Gasteiger partial charge is 0.307 e. The van der Waals surface area contributed by atoms with Crippen molar-refractivity contribution in [2.75, 3.05) is 0 Å². The molecule has 2 atom stereocenters. The van der Waals surface area contributed by atoms with Crippen molar-refractivity contribution >= 4 is 23.5 Å². The largest absolute Gasteiger partial charge is 0.481 e. The Morgan fingerprint density at radius 1 is 1.26 bits per heavy atom. The lowest BCUT2D eigenvalue weighted by Gasteiger charge is -2.31. The summed E-state index contributed by atoms with van der Waals surface area (Å²) < 4.78 is 5.08. The van der Waals surface area contributed by atoms with Gasteiger partial charge in [0.15, 0.2) is 0 Å². The molecule has 2 N–H and O–H groups in total. The monoisotopic (exact) mass is 335 g/mol. The minimum Gasteiger partial charge on any atom is -0.481 e. The molecule has 1 aromatic carbocycles. The lowest BCUT2D eigenvalue weighted by Crippen LogP contribution is -2.43. The van der Waals surface area contributed by atoms with E-state index in [-0.39, 0.29) is 18.3 Å². The number of nitrogens with zero attached hydrogens (tertiary/aromatic N) is 2. The van der Waals surface area contributed by atoms with E-state index in [0.717, 1.165) is 5.56 Å². The Hall–Kier alpha value is -2.41. The predicted octanol–water partition coefficient (Wildman–Crippen LogP) is 2.12. The van der Waals surface area contributed by atoms with Gasteiger partial charge in [-0.3, -0.25) is 9.59 Å². The highest BCUT2D eigenvalue weighted by molar-refractivity contribution is 6.30. The van der Waals surface area contributed by atoms with Gasteiger partial charge in [0, 0.05) is 10.6 Å². The van der Waals surface area contributed by atoms with Crippen LogP contribution in [0, 0.1) is 11.8 Å². The average Bonchev–Trinajstić information content (AvgIpc) is 2.93. The SMILES string of the molecule is O=C(O)C1CCC1C(=O)NCc1nc(-c2ccc(Cl)cc2)no1. The molecule has 1 heterocycles. The van der Waals surface area contributed by atoms with Crippen LogP contribution in [0.4, 0.5) is 0 Å². The molecular weight excluding hydrogens is 322 g/mol. The Kier molecular flexibility index (Phi) is 4.29. The summed E-state index contributed by atoms with van der Waals surface area (Å²) in [5, 5.41) is 16.0. The predicted molar refractivity (Wildman–Crippen MR) is 80.4 cm³/mol. The molecule has 0 radical (unpaired) electrons. The van der Waals surface area contributed by atoms with Crippen molar-refractivity contribution in [1.29, 1.82) is 0 Å². The van der Waals surface area contributed by atoms with Gasteiger partial charge in [-0.2, -0.15) is 4.98 Å². The fraction of sp³-hybridized carbons (Fsp3) is 0.333. The average molecular weight is 336 g/mol. The van der Waals surface area contributed by atoms with Crippen LogP contribution < -0.4 is 5.32 Å². The molecule has 1 aliphatic carbocycles. The first-order valence-corrected chi connectivity index (χ1v) is 7.51. The van der Waals surface area contributed by atoms with Gasteiger partial charge in [-0.1, -0.05) is 16.8 Å². The second kappa shape index (κ2) is 6.37. The van der Waals surface area contributed by atoms with Crippen molar-refractivity contribution in [1.82, 2.24) is 15.5 Å². The summed E-state index contributed by atoms with van der Waals surface area (Å²) in [5.41, 5.74) is 0.751. The first kappa shape index (κ1) is 15.5. The minimum absolute atomic E-state index is 0.0717. The lowest BCUT2D eigenvalue weighted by atomic mass is 9.73. The zero-order chi connectivity index (χ0) is 16.4. The molecule has 2 aromatic rings. The number of carbonyl (C=O) groups is 2. The van der Waals surface area contributed by atoms with Crippen LogP contribution in [-0.4, -0.2) is 27.1 Å². The maximum absolute atomic E-state index is 11.9. The molecule has 1 amide bonds. The van der Waals surface area contributed by atoms with E-state index in [9.17, 15) is 9.59 Å². The van der Waals surface area contributed by atoms with Gasteiger partial charge >= 0.3 is 5.97 Å². The van der Waals surface area contributed by atoms with Crippen molar-refractivity contribution < 1.29 is 19.2 Å². The summed E-state index contributed by atoms with van der Waals surface area (Å²) >= 11 is 5.82. The maximum atomic E-state index is 11.9. The van der Waals surface area contributed by atoms with E-state index in [4.69, 9.17) is 21.2 Å². The van der Waals surface area contributed by atoms with Gasteiger partial charge < -0.3 is 14.9 Å². The van der Waals surface area contributed by atoms with Crippen molar-refractivity contribution in [2.24, 2.45) is 11.8 Å². The topological polar surface area (TPSA) is 105 Å². The number of amides is 1. The zero-order valence-corrected chi connectivity index (χ0v) is 12.8. The standard InChI is InChI=1S/C15H14ClN3O4/c16-9-3-1-8(2-4-9)13-18-12(23-19-13)7-17-14(20)10-5-6-11(10)15(21)22/h1-4,10-11H,5-7H2,(H,17,20)(H,21,22). The number of carboxylic acids is 1. The van der Waals surface area contributed by atoms with Crippen molar-refractivity contribution in [3.8, 4) is 11.4 Å². The molecule has 3 rings (SSSR count). The van der Waals surface area contributed by atoms with Crippen LogP contribution in [0.5, 0.6) is 0 Å². The van der Waals surface area contributed by atoms with Crippen LogP contribution >= 0.6 is 11.6 Å². The molecule has 0 spiro atoms. The number of aliphatic carboxylic acids is 1. The van der Waals surface area contributed by atoms with Gasteiger partial charge in [-0.25, -0.2) is 0 Å².